The molecule has 2 heterocycles. The number of hydrogen-bond acceptors (Lipinski definition) is 3. The maximum atomic E-state index is 13.8. The van der Waals surface area contributed by atoms with Crippen LogP contribution in [-0.2, 0) is 10.2 Å². The number of hydrogen-bond donors (Lipinski definition) is 1. The third-order valence-electron chi connectivity index (χ3n) is 5.42. The monoisotopic (exact) mass is 350 g/mol. The van der Waals surface area contributed by atoms with Gasteiger partial charge in [-0.2, -0.15) is 0 Å². The van der Waals surface area contributed by atoms with Crippen LogP contribution in [0.2, 0.25) is 0 Å². The lowest BCUT2D eigenvalue weighted by Gasteiger charge is -2.38. The number of benzene rings is 2. The number of fused-ring (bicyclic) bond motifs is 1. The van der Waals surface area contributed by atoms with E-state index in [1.54, 1.807) is 12.1 Å². The van der Waals surface area contributed by atoms with Gasteiger partial charge in [-0.15, -0.1) is 0 Å². The van der Waals surface area contributed by atoms with Crippen LogP contribution in [0.5, 0.6) is 0 Å². The predicted molar refractivity (Wildman–Crippen MR) is 103 cm³/mol. The fourth-order valence-electron chi connectivity index (χ4n) is 3.85. The summed E-state index contributed by atoms with van der Waals surface area (Å²) in [6.07, 6.45) is 1.74. The number of nitrogens with one attached hydrogen (secondary N) is 1. The number of anilines is 1. The molecule has 3 nitrogen and oxygen atoms in total. The quantitative estimate of drug-likeness (QED) is 0.731. The molecule has 0 spiro atoms. The summed E-state index contributed by atoms with van der Waals surface area (Å²) in [6, 6.07) is 17.2. The number of nitrogens with zero attached hydrogens (tertiary/aromatic N) is 1. The van der Waals surface area contributed by atoms with E-state index in [2.05, 4.69) is 24.4 Å². The number of para-hydroxylation sites is 1. The van der Waals surface area contributed by atoms with Crippen molar-refractivity contribution in [2.24, 2.45) is 0 Å². The molecule has 26 heavy (non-hydrogen) atoms. The van der Waals surface area contributed by atoms with Crippen molar-refractivity contribution in [3.05, 3.63) is 71.5 Å². The zero-order chi connectivity index (χ0) is 18.0. The largest absolute Gasteiger partial charge is 0.381 e. The number of aromatic nitrogens is 1. The molecule has 0 amide bonds. The minimum absolute atomic E-state index is 0.137. The Kier molecular flexibility index (Phi) is 4.60. The highest BCUT2D eigenvalue weighted by molar-refractivity contribution is 5.83. The van der Waals surface area contributed by atoms with Crippen molar-refractivity contribution in [1.82, 2.24) is 4.98 Å². The smallest absolute Gasteiger partial charge is 0.126 e. The third-order valence-corrected chi connectivity index (χ3v) is 5.42. The van der Waals surface area contributed by atoms with Crippen molar-refractivity contribution < 1.29 is 9.13 Å². The highest BCUT2D eigenvalue weighted by Gasteiger charge is 2.34. The molecule has 0 saturated carbocycles. The molecule has 1 fully saturated rings. The van der Waals surface area contributed by atoms with E-state index >= 15 is 0 Å². The van der Waals surface area contributed by atoms with Crippen molar-refractivity contribution in [3.8, 4) is 0 Å². The molecule has 2 aromatic carbocycles. The zero-order valence-corrected chi connectivity index (χ0v) is 15.0. The molecular formula is C22H23FN2O. The van der Waals surface area contributed by atoms with Gasteiger partial charge in [0.05, 0.1) is 5.52 Å². The van der Waals surface area contributed by atoms with Crippen molar-refractivity contribution in [2.45, 2.75) is 25.2 Å². The summed E-state index contributed by atoms with van der Waals surface area (Å²) in [5.41, 5.74) is 3.08. The third kappa shape index (κ3) is 3.29. The Labute approximate surface area is 153 Å². The molecule has 0 bridgehead atoms. The lowest BCUT2D eigenvalue weighted by atomic mass is 9.74. The molecular weight excluding hydrogens is 327 g/mol. The minimum Gasteiger partial charge on any atom is -0.381 e. The van der Waals surface area contributed by atoms with Crippen LogP contribution >= 0.6 is 0 Å². The van der Waals surface area contributed by atoms with Gasteiger partial charge in [0, 0.05) is 30.6 Å². The summed E-state index contributed by atoms with van der Waals surface area (Å²) in [5.74, 6) is 0.677. The average molecular weight is 350 g/mol. The fourth-order valence-corrected chi connectivity index (χ4v) is 3.85. The standard InChI is InChI=1S/C22H23FN2O/c1-16-13-21(25-20-8-3-2-7-19(16)20)24-15-22(9-11-26-12-10-22)17-5-4-6-18(23)14-17/h2-8,13-14H,9-12,15H2,1H3,(H,24,25). The first-order chi connectivity index (χ1) is 12.7. The molecule has 1 saturated heterocycles. The summed E-state index contributed by atoms with van der Waals surface area (Å²) in [4.78, 5) is 4.75. The maximum Gasteiger partial charge on any atom is 0.126 e. The number of halogens is 1. The lowest BCUT2D eigenvalue weighted by Crippen LogP contribution is -2.40. The van der Waals surface area contributed by atoms with Crippen LogP contribution in [0.1, 0.15) is 24.0 Å². The molecule has 0 aliphatic carbocycles. The van der Waals surface area contributed by atoms with Gasteiger partial charge in [0.2, 0.25) is 0 Å². The van der Waals surface area contributed by atoms with Crippen LogP contribution in [0.15, 0.2) is 54.6 Å². The second-order valence-electron chi connectivity index (χ2n) is 7.10. The fraction of sp³-hybridized carbons (Fsp3) is 0.318. The van der Waals surface area contributed by atoms with E-state index in [0.717, 1.165) is 29.7 Å². The van der Waals surface area contributed by atoms with Gasteiger partial charge in [0.25, 0.3) is 0 Å². The van der Waals surface area contributed by atoms with E-state index < -0.39 is 0 Å². The molecule has 0 unspecified atom stereocenters. The number of pyridine rings is 1. The highest BCUT2D eigenvalue weighted by atomic mass is 19.1. The van der Waals surface area contributed by atoms with E-state index in [0.29, 0.717) is 19.8 Å². The van der Waals surface area contributed by atoms with E-state index in [4.69, 9.17) is 9.72 Å². The van der Waals surface area contributed by atoms with E-state index in [1.165, 1.54) is 17.0 Å². The van der Waals surface area contributed by atoms with Crippen molar-refractivity contribution >= 4 is 16.7 Å². The first kappa shape index (κ1) is 17.0. The summed E-state index contributed by atoms with van der Waals surface area (Å²) < 4.78 is 19.4. The first-order valence-electron chi connectivity index (χ1n) is 9.10. The zero-order valence-electron chi connectivity index (χ0n) is 15.0. The topological polar surface area (TPSA) is 34.1 Å². The van der Waals surface area contributed by atoms with Crippen LogP contribution in [-0.4, -0.2) is 24.7 Å². The van der Waals surface area contributed by atoms with Crippen LogP contribution in [0.4, 0.5) is 10.2 Å². The molecule has 4 rings (SSSR count). The molecule has 1 aliphatic heterocycles. The van der Waals surface area contributed by atoms with E-state index in [-0.39, 0.29) is 11.2 Å². The lowest BCUT2D eigenvalue weighted by molar-refractivity contribution is 0.0542. The Balaban J connectivity index is 1.63. The molecule has 0 atom stereocenters. The molecule has 134 valence electrons. The van der Waals surface area contributed by atoms with Crippen LogP contribution in [0, 0.1) is 12.7 Å². The number of ether oxygens (including phenoxy) is 1. The van der Waals surface area contributed by atoms with Gasteiger partial charge in [0.15, 0.2) is 0 Å². The summed E-state index contributed by atoms with van der Waals surface area (Å²) in [5, 5.41) is 4.69. The Hall–Kier alpha value is -2.46. The van der Waals surface area contributed by atoms with Gasteiger partial charge in [-0.3, -0.25) is 0 Å². The number of aryl methyl sites for hydroxylation is 1. The van der Waals surface area contributed by atoms with Crippen LogP contribution in [0.3, 0.4) is 0 Å². The van der Waals surface area contributed by atoms with Gasteiger partial charge in [0.1, 0.15) is 11.6 Å². The van der Waals surface area contributed by atoms with Gasteiger partial charge in [-0.1, -0.05) is 30.3 Å². The molecule has 1 aliphatic rings. The van der Waals surface area contributed by atoms with Crippen molar-refractivity contribution in [2.75, 3.05) is 25.1 Å². The molecule has 4 heteroatoms. The second kappa shape index (κ2) is 7.04. The maximum absolute atomic E-state index is 13.8. The Morgan fingerprint density at radius 1 is 1.08 bits per heavy atom. The van der Waals surface area contributed by atoms with E-state index in [9.17, 15) is 4.39 Å². The van der Waals surface area contributed by atoms with Crippen LogP contribution in [0.25, 0.3) is 10.9 Å². The summed E-state index contributed by atoms with van der Waals surface area (Å²) >= 11 is 0. The second-order valence-corrected chi connectivity index (χ2v) is 7.10. The average Bonchev–Trinajstić information content (AvgIpc) is 2.67. The minimum atomic E-state index is -0.187. The molecule has 1 N–H and O–H groups in total. The van der Waals surface area contributed by atoms with E-state index in [1.807, 2.05) is 24.3 Å². The Morgan fingerprint density at radius 2 is 1.88 bits per heavy atom. The Morgan fingerprint density at radius 3 is 2.69 bits per heavy atom. The van der Waals surface area contributed by atoms with Crippen molar-refractivity contribution in [3.63, 3.8) is 0 Å². The molecule has 1 aromatic heterocycles. The van der Waals surface area contributed by atoms with Gasteiger partial charge >= 0.3 is 0 Å². The predicted octanol–water partition coefficient (Wildman–Crippen LogP) is 4.84. The van der Waals surface area contributed by atoms with Crippen LogP contribution < -0.4 is 5.32 Å². The van der Waals surface area contributed by atoms with Gasteiger partial charge in [-0.05, 0) is 55.2 Å². The first-order valence-corrected chi connectivity index (χ1v) is 9.10. The summed E-state index contributed by atoms with van der Waals surface area (Å²) in [6.45, 7) is 4.21. The summed E-state index contributed by atoms with van der Waals surface area (Å²) in [7, 11) is 0. The SMILES string of the molecule is Cc1cc(NCC2(c3cccc(F)c3)CCOCC2)nc2ccccc12. The highest BCUT2D eigenvalue weighted by Crippen LogP contribution is 2.35. The van der Waals surface area contributed by atoms with Gasteiger partial charge < -0.3 is 10.1 Å². The van der Waals surface area contributed by atoms with Gasteiger partial charge in [-0.25, -0.2) is 9.37 Å². The normalized spacial score (nSPS) is 16.5. The number of rotatable bonds is 4. The van der Waals surface area contributed by atoms with Crippen molar-refractivity contribution in [1.29, 1.82) is 0 Å². The Bertz CT molecular complexity index is 919. The molecule has 0 radical (unpaired) electrons. The molecule has 3 aromatic rings.